The number of sulfonamides is 1. The number of benzene rings is 3. The lowest BCUT2D eigenvalue weighted by Crippen LogP contribution is -2.49. The average Bonchev–Trinajstić information content (AvgIpc) is 2.84. The zero-order valence-corrected chi connectivity index (χ0v) is 20.1. The van der Waals surface area contributed by atoms with Crippen LogP contribution >= 0.6 is 12.4 Å². The summed E-state index contributed by atoms with van der Waals surface area (Å²) >= 11 is 0. The molecule has 0 atom stereocenters. The van der Waals surface area contributed by atoms with Gasteiger partial charge in [0.25, 0.3) is 15.9 Å². The van der Waals surface area contributed by atoms with E-state index in [0.717, 1.165) is 23.6 Å². The molecule has 1 heterocycles. The van der Waals surface area contributed by atoms with Gasteiger partial charge in [0.05, 0.1) is 28.9 Å². The van der Waals surface area contributed by atoms with Crippen molar-refractivity contribution in [2.45, 2.75) is 4.90 Å². The van der Waals surface area contributed by atoms with Crippen molar-refractivity contribution in [2.75, 3.05) is 42.9 Å². The summed E-state index contributed by atoms with van der Waals surface area (Å²) in [7, 11) is -2.35. The Balaban J connectivity index is 0.00000324. The van der Waals surface area contributed by atoms with Crippen LogP contribution < -0.4 is 14.4 Å². The Kier molecular flexibility index (Phi) is 8.01. The molecule has 1 fully saturated rings. The molecule has 180 valence electrons. The van der Waals surface area contributed by atoms with Crippen LogP contribution in [-0.2, 0) is 10.0 Å². The third-order valence-corrected chi connectivity index (χ3v) is 6.90. The molecule has 34 heavy (non-hydrogen) atoms. The smallest absolute Gasteiger partial charge is 0.261 e. The number of para-hydroxylation sites is 3. The molecule has 1 aliphatic heterocycles. The van der Waals surface area contributed by atoms with Crippen LogP contribution in [0.4, 0.5) is 15.8 Å². The number of carbonyl (C=O) groups excluding carboxylic acids is 1. The van der Waals surface area contributed by atoms with Gasteiger partial charge in [-0.1, -0.05) is 24.3 Å². The highest BCUT2D eigenvalue weighted by molar-refractivity contribution is 7.92. The van der Waals surface area contributed by atoms with E-state index >= 15 is 0 Å². The summed E-state index contributed by atoms with van der Waals surface area (Å²) in [6.07, 6.45) is 0. The van der Waals surface area contributed by atoms with Gasteiger partial charge in [-0.2, -0.15) is 0 Å². The van der Waals surface area contributed by atoms with Crippen LogP contribution in [0.25, 0.3) is 0 Å². The maximum atomic E-state index is 13.3. The van der Waals surface area contributed by atoms with E-state index in [0.29, 0.717) is 26.2 Å². The first-order valence-corrected chi connectivity index (χ1v) is 11.9. The third-order valence-electron chi connectivity index (χ3n) is 5.52. The molecule has 0 aromatic heterocycles. The number of piperazine rings is 1. The lowest BCUT2D eigenvalue weighted by molar-refractivity contribution is 0.0747. The maximum absolute atomic E-state index is 13.3. The second kappa shape index (κ2) is 10.8. The van der Waals surface area contributed by atoms with Crippen LogP contribution in [-0.4, -0.2) is 52.5 Å². The number of hydrogen-bond donors (Lipinski definition) is 1. The molecular weight excluding hydrogens is 481 g/mol. The Hall–Kier alpha value is -3.30. The average molecular weight is 506 g/mol. The van der Waals surface area contributed by atoms with Crippen molar-refractivity contribution in [1.82, 2.24) is 4.90 Å². The van der Waals surface area contributed by atoms with Crippen molar-refractivity contribution in [2.24, 2.45) is 0 Å². The van der Waals surface area contributed by atoms with E-state index in [1.54, 1.807) is 36.3 Å². The number of nitrogens with zero attached hydrogens (tertiary/aromatic N) is 2. The summed E-state index contributed by atoms with van der Waals surface area (Å²) in [5, 5.41) is 0. The summed E-state index contributed by atoms with van der Waals surface area (Å²) in [5.41, 5.74) is 1.41. The molecule has 4 rings (SSSR count). The zero-order valence-electron chi connectivity index (χ0n) is 18.5. The van der Waals surface area contributed by atoms with Gasteiger partial charge in [-0.05, 0) is 48.5 Å². The minimum atomic E-state index is -3.98. The Morgan fingerprint density at radius 1 is 0.912 bits per heavy atom. The highest BCUT2D eigenvalue weighted by atomic mass is 35.5. The van der Waals surface area contributed by atoms with E-state index in [-0.39, 0.29) is 34.5 Å². The molecule has 1 saturated heterocycles. The fourth-order valence-electron chi connectivity index (χ4n) is 3.79. The number of halogens is 2. The monoisotopic (exact) mass is 505 g/mol. The molecule has 0 saturated carbocycles. The van der Waals surface area contributed by atoms with Crippen molar-refractivity contribution < 1.29 is 22.3 Å². The fourth-order valence-corrected chi connectivity index (χ4v) is 4.87. The maximum Gasteiger partial charge on any atom is 0.261 e. The first-order chi connectivity index (χ1) is 15.9. The van der Waals surface area contributed by atoms with Crippen molar-refractivity contribution in [3.8, 4) is 5.75 Å². The summed E-state index contributed by atoms with van der Waals surface area (Å²) in [4.78, 5) is 17.0. The number of amides is 1. The van der Waals surface area contributed by atoms with Gasteiger partial charge in [0.15, 0.2) is 0 Å². The van der Waals surface area contributed by atoms with Gasteiger partial charge in [-0.3, -0.25) is 9.52 Å². The van der Waals surface area contributed by atoms with Crippen LogP contribution in [0.1, 0.15) is 10.4 Å². The lowest BCUT2D eigenvalue weighted by atomic mass is 10.1. The van der Waals surface area contributed by atoms with E-state index in [4.69, 9.17) is 4.74 Å². The molecule has 0 aliphatic carbocycles. The van der Waals surface area contributed by atoms with Crippen LogP contribution in [0.3, 0.4) is 0 Å². The Morgan fingerprint density at radius 2 is 1.53 bits per heavy atom. The molecule has 0 bridgehead atoms. The molecule has 3 aromatic carbocycles. The summed E-state index contributed by atoms with van der Waals surface area (Å²) in [5.74, 6) is -0.0123. The minimum absolute atomic E-state index is 0. The molecule has 0 radical (unpaired) electrons. The normalized spacial score (nSPS) is 13.7. The van der Waals surface area contributed by atoms with Crippen LogP contribution in [0.15, 0.2) is 77.7 Å². The number of carbonyl (C=O) groups is 1. The molecule has 1 N–H and O–H groups in total. The zero-order chi connectivity index (χ0) is 23.4. The van der Waals surface area contributed by atoms with Crippen molar-refractivity contribution >= 4 is 39.7 Å². The van der Waals surface area contributed by atoms with Gasteiger partial charge in [-0.25, -0.2) is 12.8 Å². The summed E-state index contributed by atoms with van der Waals surface area (Å²) in [6.45, 7) is 2.21. The van der Waals surface area contributed by atoms with Crippen molar-refractivity contribution in [1.29, 1.82) is 0 Å². The van der Waals surface area contributed by atoms with E-state index in [1.165, 1.54) is 12.1 Å². The number of rotatable bonds is 6. The standard InChI is InChI=1S/C24H24FN3O4S.ClH/c1-32-23-9-5-4-8-22(23)27-14-16-28(17-15-27)24(29)20-6-2-3-7-21(20)26-33(30,31)19-12-10-18(25)11-13-19;/h2-13,26H,14-17H2,1H3;1H. The molecule has 1 aliphatic rings. The van der Waals surface area contributed by atoms with Gasteiger partial charge in [0, 0.05) is 26.2 Å². The number of methoxy groups -OCH3 is 1. The molecule has 1 amide bonds. The Bertz CT molecular complexity index is 1250. The Labute approximate surface area is 204 Å². The summed E-state index contributed by atoms with van der Waals surface area (Å²) < 4.78 is 46.6. The van der Waals surface area contributed by atoms with Gasteiger partial charge in [-0.15, -0.1) is 12.4 Å². The first kappa shape index (κ1) is 25.3. The molecule has 10 heteroatoms. The molecule has 3 aromatic rings. The van der Waals surface area contributed by atoms with E-state index in [1.807, 2.05) is 24.3 Å². The quantitative estimate of drug-likeness (QED) is 0.547. The van der Waals surface area contributed by atoms with E-state index in [9.17, 15) is 17.6 Å². The van der Waals surface area contributed by atoms with Crippen molar-refractivity contribution in [3.63, 3.8) is 0 Å². The number of hydrogen-bond acceptors (Lipinski definition) is 5. The number of anilines is 2. The first-order valence-electron chi connectivity index (χ1n) is 10.4. The van der Waals surface area contributed by atoms with E-state index in [2.05, 4.69) is 9.62 Å². The largest absolute Gasteiger partial charge is 0.495 e. The SMILES string of the molecule is COc1ccccc1N1CCN(C(=O)c2ccccc2NS(=O)(=O)c2ccc(F)cc2)CC1.Cl. The van der Waals surface area contributed by atoms with Crippen LogP contribution in [0, 0.1) is 5.82 Å². The minimum Gasteiger partial charge on any atom is -0.495 e. The highest BCUT2D eigenvalue weighted by Crippen LogP contribution is 2.29. The fraction of sp³-hybridized carbons (Fsp3) is 0.208. The number of ether oxygens (including phenoxy) is 1. The number of nitrogens with one attached hydrogen (secondary N) is 1. The van der Waals surface area contributed by atoms with Crippen LogP contribution in [0.2, 0.25) is 0 Å². The topological polar surface area (TPSA) is 79.0 Å². The third kappa shape index (κ3) is 5.43. The summed E-state index contributed by atoms with van der Waals surface area (Å²) in [6, 6.07) is 18.7. The van der Waals surface area contributed by atoms with Gasteiger partial charge >= 0.3 is 0 Å². The van der Waals surface area contributed by atoms with Gasteiger partial charge in [0.1, 0.15) is 11.6 Å². The molecular formula is C24H25ClFN3O4S. The van der Waals surface area contributed by atoms with Gasteiger partial charge < -0.3 is 14.5 Å². The molecule has 0 spiro atoms. The lowest BCUT2D eigenvalue weighted by Gasteiger charge is -2.36. The molecule has 0 unspecified atom stereocenters. The second-order valence-electron chi connectivity index (χ2n) is 7.56. The van der Waals surface area contributed by atoms with E-state index < -0.39 is 15.8 Å². The van der Waals surface area contributed by atoms with Gasteiger partial charge in [0.2, 0.25) is 0 Å². The highest BCUT2D eigenvalue weighted by Gasteiger charge is 2.26. The van der Waals surface area contributed by atoms with Crippen molar-refractivity contribution in [3.05, 3.63) is 84.2 Å². The predicted octanol–water partition coefficient (Wildman–Crippen LogP) is 4.02. The Morgan fingerprint density at radius 3 is 2.21 bits per heavy atom. The molecule has 7 nitrogen and oxygen atoms in total. The predicted molar refractivity (Wildman–Crippen MR) is 132 cm³/mol. The second-order valence-corrected chi connectivity index (χ2v) is 9.24. The van der Waals surface area contributed by atoms with Crippen LogP contribution in [0.5, 0.6) is 5.75 Å².